The number of ether oxygens (including phenoxy) is 1. The Labute approximate surface area is 103 Å². The molecule has 0 aromatic carbocycles. The second kappa shape index (κ2) is 7.14. The number of hydrogen-bond acceptors (Lipinski definition) is 5. The van der Waals surface area contributed by atoms with Gasteiger partial charge in [-0.05, 0) is 34.1 Å². The Morgan fingerprint density at radius 2 is 1.59 bits per heavy atom. The molecule has 0 rings (SSSR count). The van der Waals surface area contributed by atoms with Crippen LogP contribution in [0.2, 0.25) is 0 Å². The maximum absolute atomic E-state index is 12.1. The predicted molar refractivity (Wildman–Crippen MR) is 66.2 cm³/mol. The van der Waals surface area contributed by atoms with Crippen LogP contribution in [-0.4, -0.2) is 30.9 Å². The first-order valence-electron chi connectivity index (χ1n) is 5.88. The summed E-state index contributed by atoms with van der Waals surface area (Å²) in [6, 6.07) is 0. The molecular weight excluding hydrogens is 243 g/mol. The zero-order valence-electron chi connectivity index (χ0n) is 11.3. The van der Waals surface area contributed by atoms with Gasteiger partial charge in [-0.1, -0.05) is 6.92 Å². The van der Waals surface area contributed by atoms with E-state index < -0.39 is 19.2 Å². The van der Waals surface area contributed by atoms with Crippen molar-refractivity contribution >= 4 is 13.6 Å². The Morgan fingerprint density at radius 3 is 1.94 bits per heavy atom. The van der Waals surface area contributed by atoms with Gasteiger partial charge in [0.25, 0.3) is 0 Å². The molecule has 6 heteroatoms. The Hall–Kier alpha value is -0.380. The number of hydrogen-bond donors (Lipinski definition) is 0. The van der Waals surface area contributed by atoms with E-state index >= 15 is 0 Å². The lowest BCUT2D eigenvalue weighted by molar-refractivity contribution is -0.153. The van der Waals surface area contributed by atoms with E-state index in [2.05, 4.69) is 0 Å². The molecule has 0 aromatic heterocycles. The molecule has 102 valence electrons. The van der Waals surface area contributed by atoms with Gasteiger partial charge in [0.05, 0.1) is 13.2 Å². The minimum atomic E-state index is -3.35. The molecule has 0 atom stereocenters. The lowest BCUT2D eigenvalue weighted by Crippen LogP contribution is -2.28. The first-order chi connectivity index (χ1) is 7.78. The molecule has 5 nitrogen and oxygen atoms in total. The van der Waals surface area contributed by atoms with E-state index in [0.717, 1.165) is 0 Å². The van der Waals surface area contributed by atoms with Crippen molar-refractivity contribution in [1.82, 2.24) is 0 Å². The smallest absolute Gasteiger partial charge is 0.341 e. The third-order valence-corrected chi connectivity index (χ3v) is 4.16. The fourth-order valence-electron chi connectivity index (χ4n) is 1.09. The highest BCUT2D eigenvalue weighted by Crippen LogP contribution is 2.48. The SMILES string of the molecule is CCOP(=O)(CC(=O)OC(C)(C)CC)OCC. The summed E-state index contributed by atoms with van der Waals surface area (Å²) in [6.07, 6.45) is 0.352. The molecule has 0 N–H and O–H groups in total. The van der Waals surface area contributed by atoms with E-state index in [-0.39, 0.29) is 19.4 Å². The first-order valence-corrected chi connectivity index (χ1v) is 7.61. The van der Waals surface area contributed by atoms with Crippen LogP contribution >= 0.6 is 7.60 Å². The molecule has 0 amide bonds. The van der Waals surface area contributed by atoms with Crippen molar-refractivity contribution in [2.24, 2.45) is 0 Å². The summed E-state index contributed by atoms with van der Waals surface area (Å²) in [7, 11) is -3.35. The van der Waals surface area contributed by atoms with E-state index in [4.69, 9.17) is 13.8 Å². The summed E-state index contributed by atoms with van der Waals surface area (Å²) in [5, 5.41) is 0. The zero-order chi connectivity index (χ0) is 13.5. The fourth-order valence-corrected chi connectivity index (χ4v) is 2.52. The summed E-state index contributed by atoms with van der Waals surface area (Å²) in [6.45, 7) is 9.40. The number of esters is 1. The summed E-state index contributed by atoms with van der Waals surface area (Å²) < 4.78 is 27.3. The van der Waals surface area contributed by atoms with Crippen molar-refractivity contribution in [3.05, 3.63) is 0 Å². The molecular formula is C11H23O5P. The van der Waals surface area contributed by atoms with Gasteiger partial charge in [-0.25, -0.2) is 0 Å². The molecule has 0 spiro atoms. The van der Waals surface area contributed by atoms with Crippen LogP contribution in [0.25, 0.3) is 0 Å². The van der Waals surface area contributed by atoms with Gasteiger partial charge in [-0.2, -0.15) is 0 Å². The summed E-state index contributed by atoms with van der Waals surface area (Å²) >= 11 is 0. The summed E-state index contributed by atoms with van der Waals surface area (Å²) in [5.74, 6) is -0.554. The van der Waals surface area contributed by atoms with Crippen LogP contribution in [0, 0.1) is 0 Å². The monoisotopic (exact) mass is 266 g/mol. The van der Waals surface area contributed by atoms with Crippen molar-refractivity contribution in [1.29, 1.82) is 0 Å². The third kappa shape index (κ3) is 6.81. The van der Waals surface area contributed by atoms with Crippen molar-refractivity contribution in [2.45, 2.75) is 46.6 Å². The molecule has 0 aromatic rings. The normalized spacial score (nSPS) is 12.5. The van der Waals surface area contributed by atoms with Crippen LogP contribution in [0.5, 0.6) is 0 Å². The van der Waals surface area contributed by atoms with Crippen molar-refractivity contribution < 1.29 is 23.1 Å². The van der Waals surface area contributed by atoms with Crippen LogP contribution in [0.15, 0.2) is 0 Å². The van der Waals surface area contributed by atoms with Crippen LogP contribution in [0.1, 0.15) is 41.0 Å². The zero-order valence-corrected chi connectivity index (χ0v) is 12.2. The molecule has 17 heavy (non-hydrogen) atoms. The number of rotatable bonds is 8. The summed E-state index contributed by atoms with van der Waals surface area (Å²) in [5.41, 5.74) is -0.555. The largest absolute Gasteiger partial charge is 0.459 e. The van der Waals surface area contributed by atoms with Gasteiger partial charge in [0, 0.05) is 0 Å². The maximum atomic E-state index is 12.1. The number of carbonyl (C=O) groups is 1. The van der Waals surface area contributed by atoms with Gasteiger partial charge in [-0.3, -0.25) is 9.36 Å². The predicted octanol–water partition coefficient (Wildman–Crippen LogP) is 2.98. The van der Waals surface area contributed by atoms with E-state index in [1.165, 1.54) is 0 Å². The molecule has 0 aliphatic rings. The van der Waals surface area contributed by atoms with E-state index in [1.54, 1.807) is 27.7 Å². The molecule has 0 bridgehead atoms. The van der Waals surface area contributed by atoms with Gasteiger partial charge in [-0.15, -0.1) is 0 Å². The summed E-state index contributed by atoms with van der Waals surface area (Å²) in [4.78, 5) is 11.6. The Bertz CT molecular complexity index is 278. The van der Waals surface area contributed by atoms with Crippen LogP contribution < -0.4 is 0 Å². The molecule has 0 radical (unpaired) electrons. The highest BCUT2D eigenvalue weighted by molar-refractivity contribution is 7.54. The fraction of sp³-hybridized carbons (Fsp3) is 0.909. The standard InChI is InChI=1S/C11H23O5P/c1-6-11(4,5)16-10(12)9-17(13,14-7-2)15-8-3/h6-9H2,1-5H3. The Kier molecular flexibility index (Phi) is 6.98. The Balaban J connectivity index is 4.47. The van der Waals surface area contributed by atoms with Gasteiger partial charge in [0.2, 0.25) is 0 Å². The maximum Gasteiger partial charge on any atom is 0.341 e. The second-order valence-electron chi connectivity index (χ2n) is 4.19. The van der Waals surface area contributed by atoms with E-state index in [0.29, 0.717) is 6.42 Å². The van der Waals surface area contributed by atoms with Gasteiger partial charge in [0.1, 0.15) is 11.8 Å². The first kappa shape index (κ1) is 16.6. The van der Waals surface area contributed by atoms with Crippen molar-refractivity contribution in [3.63, 3.8) is 0 Å². The quantitative estimate of drug-likeness (QED) is 0.499. The lowest BCUT2D eigenvalue weighted by atomic mass is 10.1. The average Bonchev–Trinajstić information content (AvgIpc) is 2.16. The van der Waals surface area contributed by atoms with Crippen molar-refractivity contribution in [2.75, 3.05) is 19.4 Å². The average molecular weight is 266 g/mol. The number of carbonyl (C=O) groups excluding carboxylic acids is 1. The molecule has 0 aliphatic heterocycles. The molecule has 0 heterocycles. The van der Waals surface area contributed by atoms with Crippen LogP contribution in [0.3, 0.4) is 0 Å². The van der Waals surface area contributed by atoms with E-state index in [9.17, 15) is 9.36 Å². The molecule has 0 unspecified atom stereocenters. The highest BCUT2D eigenvalue weighted by Gasteiger charge is 2.31. The highest BCUT2D eigenvalue weighted by atomic mass is 31.2. The minimum absolute atomic E-state index is 0.238. The van der Waals surface area contributed by atoms with Crippen LogP contribution in [0.4, 0.5) is 0 Å². The lowest BCUT2D eigenvalue weighted by Gasteiger charge is -2.24. The Morgan fingerprint density at radius 1 is 1.12 bits per heavy atom. The minimum Gasteiger partial charge on any atom is -0.459 e. The van der Waals surface area contributed by atoms with Gasteiger partial charge < -0.3 is 13.8 Å². The van der Waals surface area contributed by atoms with Crippen molar-refractivity contribution in [3.8, 4) is 0 Å². The second-order valence-corrected chi connectivity index (χ2v) is 6.25. The molecule has 0 aliphatic carbocycles. The van der Waals surface area contributed by atoms with E-state index in [1.807, 2.05) is 6.92 Å². The third-order valence-electron chi connectivity index (χ3n) is 2.22. The molecule has 0 saturated heterocycles. The molecule has 0 saturated carbocycles. The van der Waals surface area contributed by atoms with Gasteiger partial charge >= 0.3 is 13.6 Å². The van der Waals surface area contributed by atoms with Gasteiger partial charge in [0.15, 0.2) is 0 Å². The van der Waals surface area contributed by atoms with Crippen LogP contribution in [-0.2, 0) is 23.1 Å². The molecule has 0 fully saturated rings. The topological polar surface area (TPSA) is 61.8 Å².